The van der Waals surface area contributed by atoms with Gasteiger partial charge in [-0.1, -0.05) is 25.6 Å². The first-order valence-corrected chi connectivity index (χ1v) is 10.2. The van der Waals surface area contributed by atoms with Crippen LogP contribution in [0.5, 0.6) is 0 Å². The lowest BCUT2D eigenvalue weighted by molar-refractivity contribution is -0.126. The molecule has 0 aromatic carbocycles. The van der Waals surface area contributed by atoms with Crippen molar-refractivity contribution in [2.24, 2.45) is 11.8 Å². The van der Waals surface area contributed by atoms with Gasteiger partial charge in [0.2, 0.25) is 5.91 Å². The normalized spacial score (nSPS) is 21.2. The standard InChI is InChI=1S/C17H31N5OS/c1-12(2)11-22-15(20-21-17(22)24-4)6-5-8-19-16(23)14-7-9-18-13(3)10-14/h12-14,18H,5-11H2,1-4H3,(H,19,23)/t13-,14-/m0/s1. The van der Waals surface area contributed by atoms with E-state index in [-0.39, 0.29) is 11.8 Å². The average Bonchev–Trinajstić information content (AvgIpc) is 2.92. The zero-order chi connectivity index (χ0) is 17.5. The fraction of sp³-hybridized carbons (Fsp3) is 0.824. The molecule has 0 spiro atoms. The number of aromatic nitrogens is 3. The highest BCUT2D eigenvalue weighted by Gasteiger charge is 2.24. The summed E-state index contributed by atoms with van der Waals surface area (Å²) in [4.78, 5) is 12.2. The highest BCUT2D eigenvalue weighted by atomic mass is 32.2. The number of piperidine rings is 1. The maximum absolute atomic E-state index is 12.2. The Labute approximate surface area is 149 Å². The topological polar surface area (TPSA) is 71.8 Å². The minimum absolute atomic E-state index is 0.161. The Morgan fingerprint density at radius 2 is 2.25 bits per heavy atom. The molecular weight excluding hydrogens is 322 g/mol. The molecule has 1 aromatic rings. The Morgan fingerprint density at radius 3 is 2.92 bits per heavy atom. The van der Waals surface area contributed by atoms with Crippen molar-refractivity contribution in [3.8, 4) is 0 Å². The van der Waals surface area contributed by atoms with Gasteiger partial charge in [0.25, 0.3) is 0 Å². The first-order chi connectivity index (χ1) is 11.5. The molecule has 136 valence electrons. The van der Waals surface area contributed by atoms with Crippen LogP contribution in [-0.2, 0) is 17.8 Å². The van der Waals surface area contributed by atoms with Gasteiger partial charge in [0.15, 0.2) is 5.16 Å². The van der Waals surface area contributed by atoms with E-state index in [1.807, 2.05) is 6.26 Å². The third kappa shape index (κ3) is 5.48. The van der Waals surface area contributed by atoms with Crippen LogP contribution in [0.3, 0.4) is 0 Å². The number of nitrogens with one attached hydrogen (secondary N) is 2. The molecule has 0 unspecified atom stereocenters. The van der Waals surface area contributed by atoms with Crippen molar-refractivity contribution in [3.05, 3.63) is 5.82 Å². The third-order valence-corrected chi connectivity index (χ3v) is 5.06. The van der Waals surface area contributed by atoms with Crippen LogP contribution in [-0.4, -0.2) is 46.1 Å². The molecule has 2 atom stereocenters. The lowest BCUT2D eigenvalue weighted by Gasteiger charge is -2.27. The van der Waals surface area contributed by atoms with Gasteiger partial charge in [0.05, 0.1) is 0 Å². The van der Waals surface area contributed by atoms with E-state index >= 15 is 0 Å². The highest BCUT2D eigenvalue weighted by Crippen LogP contribution is 2.17. The molecule has 6 nitrogen and oxygen atoms in total. The molecular formula is C17H31N5OS. The van der Waals surface area contributed by atoms with Crippen molar-refractivity contribution < 1.29 is 4.79 Å². The molecule has 1 aromatic heterocycles. The van der Waals surface area contributed by atoms with E-state index in [1.165, 1.54) is 0 Å². The van der Waals surface area contributed by atoms with Gasteiger partial charge in [-0.25, -0.2) is 0 Å². The van der Waals surface area contributed by atoms with E-state index in [4.69, 9.17) is 0 Å². The molecule has 0 bridgehead atoms. The van der Waals surface area contributed by atoms with E-state index in [0.29, 0.717) is 18.5 Å². The van der Waals surface area contributed by atoms with Crippen molar-refractivity contribution >= 4 is 17.7 Å². The number of aryl methyl sites for hydroxylation is 1. The second kappa shape index (κ2) is 9.42. The van der Waals surface area contributed by atoms with Crippen LogP contribution in [0.4, 0.5) is 0 Å². The molecule has 7 heteroatoms. The van der Waals surface area contributed by atoms with Crippen molar-refractivity contribution in [3.63, 3.8) is 0 Å². The second-order valence-electron chi connectivity index (χ2n) is 7.08. The molecule has 1 saturated heterocycles. The van der Waals surface area contributed by atoms with Crippen LogP contribution in [0, 0.1) is 11.8 Å². The van der Waals surface area contributed by atoms with Crippen LogP contribution in [0.25, 0.3) is 0 Å². The zero-order valence-electron chi connectivity index (χ0n) is 15.3. The summed E-state index contributed by atoms with van der Waals surface area (Å²) in [5.74, 6) is 1.95. The Kier molecular flexibility index (Phi) is 7.55. The quantitative estimate of drug-likeness (QED) is 0.553. The van der Waals surface area contributed by atoms with Crippen LogP contribution in [0.2, 0.25) is 0 Å². The molecule has 0 saturated carbocycles. The van der Waals surface area contributed by atoms with E-state index < -0.39 is 0 Å². The number of nitrogens with zero attached hydrogens (tertiary/aromatic N) is 3. The van der Waals surface area contributed by atoms with Gasteiger partial charge in [-0.05, 0) is 44.9 Å². The van der Waals surface area contributed by atoms with Gasteiger partial charge in [-0.3, -0.25) is 4.79 Å². The van der Waals surface area contributed by atoms with Crippen molar-refractivity contribution in [1.82, 2.24) is 25.4 Å². The summed E-state index contributed by atoms with van der Waals surface area (Å²) in [5, 5.41) is 16.1. The minimum Gasteiger partial charge on any atom is -0.356 e. The van der Waals surface area contributed by atoms with Crippen LogP contribution < -0.4 is 10.6 Å². The zero-order valence-corrected chi connectivity index (χ0v) is 16.2. The SMILES string of the molecule is CSc1nnc(CCCNC(=O)[C@H]2CCN[C@@H](C)C2)n1CC(C)C. The number of rotatable bonds is 8. The maximum Gasteiger partial charge on any atom is 0.223 e. The molecule has 2 heterocycles. The Bertz CT molecular complexity index is 531. The van der Waals surface area contributed by atoms with Crippen LogP contribution >= 0.6 is 11.8 Å². The van der Waals surface area contributed by atoms with E-state index in [0.717, 1.165) is 49.8 Å². The molecule has 1 aliphatic heterocycles. The highest BCUT2D eigenvalue weighted by molar-refractivity contribution is 7.98. The summed E-state index contributed by atoms with van der Waals surface area (Å²) in [5.41, 5.74) is 0. The number of carbonyl (C=O) groups is 1. The summed E-state index contributed by atoms with van der Waals surface area (Å²) in [6.45, 7) is 9.14. The first-order valence-electron chi connectivity index (χ1n) is 8.98. The molecule has 1 aliphatic rings. The Morgan fingerprint density at radius 1 is 1.46 bits per heavy atom. The monoisotopic (exact) mass is 353 g/mol. The first kappa shape index (κ1) is 19.2. The number of hydrogen-bond acceptors (Lipinski definition) is 5. The summed E-state index contributed by atoms with van der Waals surface area (Å²) in [7, 11) is 0. The van der Waals surface area contributed by atoms with E-state index in [9.17, 15) is 4.79 Å². The lowest BCUT2D eigenvalue weighted by atomic mass is 9.92. The second-order valence-corrected chi connectivity index (χ2v) is 7.85. The third-order valence-electron chi connectivity index (χ3n) is 4.39. The summed E-state index contributed by atoms with van der Waals surface area (Å²) in [6.07, 6.45) is 5.66. The van der Waals surface area contributed by atoms with Crippen molar-refractivity contribution in [1.29, 1.82) is 0 Å². The molecule has 1 amide bonds. The maximum atomic E-state index is 12.2. The van der Waals surface area contributed by atoms with Gasteiger partial charge < -0.3 is 15.2 Å². The number of carbonyl (C=O) groups excluding carboxylic acids is 1. The predicted molar refractivity (Wildman–Crippen MR) is 98.2 cm³/mol. The van der Waals surface area contributed by atoms with Gasteiger partial charge in [-0.2, -0.15) is 0 Å². The summed E-state index contributed by atoms with van der Waals surface area (Å²) >= 11 is 1.63. The minimum atomic E-state index is 0.161. The Balaban J connectivity index is 1.78. The molecule has 2 rings (SSSR count). The van der Waals surface area contributed by atoms with E-state index in [2.05, 4.69) is 46.2 Å². The average molecular weight is 354 g/mol. The Hall–Kier alpha value is -1.08. The fourth-order valence-electron chi connectivity index (χ4n) is 3.18. The molecule has 1 fully saturated rings. The van der Waals surface area contributed by atoms with Gasteiger partial charge in [0.1, 0.15) is 5.82 Å². The smallest absolute Gasteiger partial charge is 0.223 e. The van der Waals surface area contributed by atoms with Gasteiger partial charge in [0, 0.05) is 31.5 Å². The summed E-state index contributed by atoms with van der Waals surface area (Å²) in [6, 6.07) is 0.439. The number of amides is 1. The lowest BCUT2D eigenvalue weighted by Crippen LogP contribution is -2.42. The van der Waals surface area contributed by atoms with Crippen LogP contribution in [0.15, 0.2) is 5.16 Å². The molecule has 2 N–H and O–H groups in total. The van der Waals surface area contributed by atoms with E-state index in [1.54, 1.807) is 11.8 Å². The van der Waals surface area contributed by atoms with Gasteiger partial charge in [-0.15, -0.1) is 10.2 Å². The largest absolute Gasteiger partial charge is 0.356 e. The van der Waals surface area contributed by atoms with Crippen LogP contribution in [0.1, 0.15) is 45.9 Å². The van der Waals surface area contributed by atoms with Gasteiger partial charge >= 0.3 is 0 Å². The summed E-state index contributed by atoms with van der Waals surface area (Å²) < 4.78 is 2.21. The predicted octanol–water partition coefficient (Wildman–Crippen LogP) is 2.09. The fourth-order valence-corrected chi connectivity index (χ4v) is 3.70. The van der Waals surface area contributed by atoms with Crippen molar-refractivity contribution in [2.45, 2.75) is 64.2 Å². The number of hydrogen-bond donors (Lipinski definition) is 2. The molecule has 24 heavy (non-hydrogen) atoms. The number of thioether (sulfide) groups is 1. The van der Waals surface area contributed by atoms with Crippen molar-refractivity contribution in [2.75, 3.05) is 19.3 Å². The molecule has 0 radical (unpaired) electrons. The molecule has 0 aliphatic carbocycles.